The van der Waals surface area contributed by atoms with Gasteiger partial charge in [-0.3, -0.25) is 0 Å². The van der Waals surface area contributed by atoms with Crippen molar-refractivity contribution in [3.05, 3.63) is 50.6 Å². The number of thiophene rings is 1. The van der Waals surface area contributed by atoms with Crippen molar-refractivity contribution in [2.75, 3.05) is 5.32 Å². The summed E-state index contributed by atoms with van der Waals surface area (Å²) >= 11 is 10.3. The molecule has 0 fully saturated rings. The summed E-state index contributed by atoms with van der Waals surface area (Å²) in [6, 6.07) is 10.5. The number of anilines is 1. The Kier molecular flexibility index (Phi) is 4.96. The van der Waals surface area contributed by atoms with Gasteiger partial charge in [-0.1, -0.05) is 41.1 Å². The highest BCUT2D eigenvalue weighted by molar-refractivity contribution is 9.10. The number of benzene rings is 1. The van der Waals surface area contributed by atoms with Crippen LogP contribution >= 0.6 is 39.5 Å². The second kappa shape index (κ2) is 6.50. The number of thiocarbonyl (C=S) groups is 1. The van der Waals surface area contributed by atoms with E-state index >= 15 is 0 Å². The van der Waals surface area contributed by atoms with Crippen molar-refractivity contribution in [2.45, 2.75) is 19.4 Å². The Labute approximate surface area is 131 Å². The lowest BCUT2D eigenvalue weighted by atomic mass is 10.1. The van der Waals surface area contributed by atoms with Crippen molar-refractivity contribution in [1.29, 1.82) is 0 Å². The van der Waals surface area contributed by atoms with E-state index in [1.165, 1.54) is 4.88 Å². The highest BCUT2D eigenvalue weighted by atomic mass is 79.9. The van der Waals surface area contributed by atoms with Crippen molar-refractivity contribution < 1.29 is 0 Å². The zero-order chi connectivity index (χ0) is 13.8. The molecule has 19 heavy (non-hydrogen) atoms. The van der Waals surface area contributed by atoms with E-state index < -0.39 is 0 Å². The molecule has 100 valence electrons. The van der Waals surface area contributed by atoms with Gasteiger partial charge in [0.2, 0.25) is 0 Å². The molecule has 0 radical (unpaired) electrons. The lowest BCUT2D eigenvalue weighted by Crippen LogP contribution is -2.15. The standard InChI is InChI=1S/C14H15BrN2S2/c1-2-11(13-4-3-7-19-13)17-12-6-5-9(15)8-10(12)14(16)18/h3-8,11,17H,2H2,1H3,(H2,16,18). The van der Waals surface area contributed by atoms with Gasteiger partial charge in [0.1, 0.15) is 4.99 Å². The highest BCUT2D eigenvalue weighted by Crippen LogP contribution is 2.29. The Balaban J connectivity index is 2.29. The molecular formula is C14H15BrN2S2. The number of hydrogen-bond acceptors (Lipinski definition) is 3. The molecule has 0 bridgehead atoms. The van der Waals surface area contributed by atoms with Crippen molar-refractivity contribution in [3.8, 4) is 0 Å². The molecule has 1 atom stereocenters. The number of nitrogens with two attached hydrogens (primary N) is 1. The van der Waals surface area contributed by atoms with Gasteiger partial charge in [0, 0.05) is 20.6 Å². The van der Waals surface area contributed by atoms with Gasteiger partial charge in [-0.05, 0) is 36.1 Å². The van der Waals surface area contributed by atoms with Gasteiger partial charge in [-0.2, -0.15) is 0 Å². The van der Waals surface area contributed by atoms with E-state index in [-0.39, 0.29) is 6.04 Å². The topological polar surface area (TPSA) is 38.0 Å². The molecule has 3 N–H and O–H groups in total. The average molecular weight is 355 g/mol. The van der Waals surface area contributed by atoms with Crippen LogP contribution in [0.2, 0.25) is 0 Å². The molecule has 0 saturated heterocycles. The first-order chi connectivity index (χ1) is 9.11. The molecule has 0 aliphatic heterocycles. The fraction of sp³-hybridized carbons (Fsp3) is 0.214. The highest BCUT2D eigenvalue weighted by Gasteiger charge is 2.13. The van der Waals surface area contributed by atoms with Gasteiger partial charge in [0.15, 0.2) is 0 Å². The van der Waals surface area contributed by atoms with Crippen LogP contribution < -0.4 is 11.1 Å². The van der Waals surface area contributed by atoms with Crippen LogP contribution in [0.15, 0.2) is 40.2 Å². The molecule has 0 aliphatic carbocycles. The van der Waals surface area contributed by atoms with Crippen molar-refractivity contribution >= 4 is 50.2 Å². The summed E-state index contributed by atoms with van der Waals surface area (Å²) < 4.78 is 0.977. The second-order valence-corrected chi connectivity index (χ2v) is 6.51. The van der Waals surface area contributed by atoms with Crippen LogP contribution in [0, 0.1) is 0 Å². The Bertz CT molecular complexity index is 567. The molecule has 0 spiro atoms. The number of nitrogens with one attached hydrogen (secondary N) is 1. The minimum Gasteiger partial charge on any atom is -0.389 e. The average Bonchev–Trinajstić information content (AvgIpc) is 2.90. The first kappa shape index (κ1) is 14.5. The number of halogens is 1. The van der Waals surface area contributed by atoms with Crippen molar-refractivity contribution in [2.24, 2.45) is 5.73 Å². The van der Waals surface area contributed by atoms with Gasteiger partial charge in [-0.15, -0.1) is 11.3 Å². The Morgan fingerprint density at radius 3 is 2.84 bits per heavy atom. The smallest absolute Gasteiger partial charge is 0.106 e. The van der Waals surface area contributed by atoms with Gasteiger partial charge < -0.3 is 11.1 Å². The molecule has 2 aromatic rings. The molecule has 0 saturated carbocycles. The number of rotatable bonds is 5. The zero-order valence-corrected chi connectivity index (χ0v) is 13.7. The third-order valence-electron chi connectivity index (χ3n) is 2.87. The van der Waals surface area contributed by atoms with Crippen LogP contribution in [-0.4, -0.2) is 4.99 Å². The van der Waals surface area contributed by atoms with Crippen LogP contribution in [0.25, 0.3) is 0 Å². The third-order valence-corrected chi connectivity index (χ3v) is 4.57. The number of hydrogen-bond donors (Lipinski definition) is 2. The van der Waals surface area contributed by atoms with E-state index in [2.05, 4.69) is 45.7 Å². The maximum absolute atomic E-state index is 5.79. The third kappa shape index (κ3) is 3.55. The second-order valence-electron chi connectivity index (χ2n) is 4.17. The first-order valence-corrected chi connectivity index (χ1v) is 8.09. The summed E-state index contributed by atoms with van der Waals surface area (Å²) in [5.74, 6) is 0. The minimum absolute atomic E-state index is 0.286. The first-order valence-electron chi connectivity index (χ1n) is 6.01. The summed E-state index contributed by atoms with van der Waals surface area (Å²) in [6.45, 7) is 2.16. The Morgan fingerprint density at radius 2 is 2.26 bits per heavy atom. The van der Waals surface area contributed by atoms with E-state index in [0.29, 0.717) is 4.99 Å². The van der Waals surface area contributed by atoms with E-state index in [0.717, 1.165) is 22.1 Å². The summed E-state index contributed by atoms with van der Waals surface area (Å²) in [6.07, 6.45) is 1.01. The summed E-state index contributed by atoms with van der Waals surface area (Å²) in [7, 11) is 0. The van der Waals surface area contributed by atoms with Crippen LogP contribution in [-0.2, 0) is 0 Å². The molecule has 2 rings (SSSR count). The quantitative estimate of drug-likeness (QED) is 0.763. The minimum atomic E-state index is 0.286. The van der Waals surface area contributed by atoms with Crippen LogP contribution in [0.4, 0.5) is 5.69 Å². The predicted molar refractivity (Wildman–Crippen MR) is 91.0 cm³/mol. The Morgan fingerprint density at radius 1 is 1.47 bits per heavy atom. The molecule has 5 heteroatoms. The lowest BCUT2D eigenvalue weighted by Gasteiger charge is -2.19. The fourth-order valence-corrected chi connectivity index (χ4v) is 3.29. The Hall–Kier alpha value is -0.910. The maximum Gasteiger partial charge on any atom is 0.106 e. The molecule has 1 heterocycles. The van der Waals surface area contributed by atoms with E-state index in [4.69, 9.17) is 18.0 Å². The zero-order valence-electron chi connectivity index (χ0n) is 10.5. The van der Waals surface area contributed by atoms with Crippen LogP contribution in [0.1, 0.15) is 29.8 Å². The van der Waals surface area contributed by atoms with Crippen molar-refractivity contribution in [1.82, 2.24) is 0 Å². The maximum atomic E-state index is 5.79. The van der Waals surface area contributed by atoms with E-state index in [1.54, 1.807) is 11.3 Å². The van der Waals surface area contributed by atoms with Gasteiger partial charge >= 0.3 is 0 Å². The molecule has 1 unspecified atom stereocenters. The van der Waals surface area contributed by atoms with Crippen LogP contribution in [0.5, 0.6) is 0 Å². The van der Waals surface area contributed by atoms with Gasteiger partial charge in [0.05, 0.1) is 6.04 Å². The SMILES string of the molecule is CCC(Nc1ccc(Br)cc1C(N)=S)c1cccs1. The molecule has 1 aromatic carbocycles. The molecule has 0 amide bonds. The molecular weight excluding hydrogens is 340 g/mol. The monoisotopic (exact) mass is 354 g/mol. The van der Waals surface area contributed by atoms with E-state index in [9.17, 15) is 0 Å². The van der Waals surface area contributed by atoms with Crippen molar-refractivity contribution in [3.63, 3.8) is 0 Å². The van der Waals surface area contributed by atoms with Crippen LogP contribution in [0.3, 0.4) is 0 Å². The van der Waals surface area contributed by atoms with E-state index in [1.807, 2.05) is 18.2 Å². The molecule has 1 aromatic heterocycles. The largest absolute Gasteiger partial charge is 0.389 e. The van der Waals surface area contributed by atoms with Gasteiger partial charge in [-0.25, -0.2) is 0 Å². The molecule has 2 nitrogen and oxygen atoms in total. The van der Waals surface area contributed by atoms with Gasteiger partial charge in [0.25, 0.3) is 0 Å². The normalized spacial score (nSPS) is 12.1. The summed E-state index contributed by atoms with van der Waals surface area (Å²) in [4.78, 5) is 1.73. The fourth-order valence-electron chi connectivity index (χ4n) is 1.90. The lowest BCUT2D eigenvalue weighted by molar-refractivity contribution is 0.764. The molecule has 0 aliphatic rings. The predicted octanol–water partition coefficient (Wildman–Crippen LogP) is 4.71. The summed E-state index contributed by atoms with van der Waals surface area (Å²) in [5, 5.41) is 5.62. The summed E-state index contributed by atoms with van der Waals surface area (Å²) in [5.41, 5.74) is 7.65.